The van der Waals surface area contributed by atoms with Gasteiger partial charge in [-0.2, -0.15) is 13.2 Å². The Labute approximate surface area is 119 Å². The number of unbranched alkanes of at least 4 members (excludes halogenated alkanes) is 2. The molecule has 0 aliphatic carbocycles. The second kappa shape index (κ2) is 7.38. The molecule has 0 saturated heterocycles. The molecule has 1 aromatic carbocycles. The van der Waals surface area contributed by atoms with Crippen LogP contribution in [0.25, 0.3) is 0 Å². The van der Waals surface area contributed by atoms with Gasteiger partial charge in [0.1, 0.15) is 0 Å². The highest BCUT2D eigenvalue weighted by Crippen LogP contribution is 2.33. The molecule has 0 heterocycles. The monoisotopic (exact) mass is 309 g/mol. The summed E-state index contributed by atoms with van der Waals surface area (Å²) in [6.07, 6.45) is -2.38. The molecule has 0 atom stereocenters. The average Bonchev–Trinajstić information content (AvgIpc) is 2.31. The zero-order valence-corrected chi connectivity index (χ0v) is 11.4. The van der Waals surface area contributed by atoms with Crippen molar-refractivity contribution in [3.05, 3.63) is 28.8 Å². The second-order valence-electron chi connectivity index (χ2n) is 4.36. The molecular formula is C13H15ClF3NO2. The van der Waals surface area contributed by atoms with Crippen LogP contribution in [0.1, 0.15) is 31.2 Å². The maximum atomic E-state index is 12.6. The lowest BCUT2D eigenvalue weighted by molar-refractivity contribution is -0.138. The fourth-order valence-electron chi connectivity index (χ4n) is 1.67. The van der Waals surface area contributed by atoms with Crippen molar-refractivity contribution in [1.29, 1.82) is 0 Å². The van der Waals surface area contributed by atoms with Crippen molar-refractivity contribution in [2.75, 3.05) is 11.9 Å². The number of benzene rings is 1. The Bertz CT molecular complexity index is 463. The number of carbonyl (C=O) groups is 1. The van der Waals surface area contributed by atoms with E-state index in [1.807, 2.05) is 0 Å². The molecule has 7 heteroatoms. The second-order valence-corrected chi connectivity index (χ2v) is 4.79. The van der Waals surface area contributed by atoms with Gasteiger partial charge < -0.3 is 10.4 Å². The number of nitrogens with one attached hydrogen (secondary N) is 1. The number of carboxylic acids is 1. The van der Waals surface area contributed by atoms with E-state index < -0.39 is 17.7 Å². The van der Waals surface area contributed by atoms with Gasteiger partial charge in [0.25, 0.3) is 0 Å². The summed E-state index contributed by atoms with van der Waals surface area (Å²) in [7, 11) is 0. The van der Waals surface area contributed by atoms with Crippen molar-refractivity contribution in [2.24, 2.45) is 0 Å². The quantitative estimate of drug-likeness (QED) is 0.733. The lowest BCUT2D eigenvalue weighted by atomic mass is 10.1. The van der Waals surface area contributed by atoms with E-state index >= 15 is 0 Å². The number of halogens is 4. The van der Waals surface area contributed by atoms with Gasteiger partial charge in [0.15, 0.2) is 0 Å². The Hall–Kier alpha value is -1.43. The van der Waals surface area contributed by atoms with Crippen molar-refractivity contribution in [2.45, 2.75) is 31.9 Å². The minimum absolute atomic E-state index is 0.0215. The number of hydrogen-bond donors (Lipinski definition) is 2. The van der Waals surface area contributed by atoms with Gasteiger partial charge in [-0.05, 0) is 31.0 Å². The number of rotatable bonds is 7. The third kappa shape index (κ3) is 6.14. The van der Waals surface area contributed by atoms with Gasteiger partial charge in [-0.25, -0.2) is 0 Å². The summed E-state index contributed by atoms with van der Waals surface area (Å²) in [4.78, 5) is 10.3. The molecule has 0 fully saturated rings. The molecule has 1 aromatic rings. The normalized spacial score (nSPS) is 11.4. The van der Waals surface area contributed by atoms with E-state index in [9.17, 15) is 18.0 Å². The Balaban J connectivity index is 2.44. The van der Waals surface area contributed by atoms with Gasteiger partial charge in [0.2, 0.25) is 0 Å². The highest BCUT2D eigenvalue weighted by molar-refractivity contribution is 6.30. The van der Waals surface area contributed by atoms with Crippen LogP contribution in [0, 0.1) is 0 Å². The van der Waals surface area contributed by atoms with E-state index in [1.54, 1.807) is 0 Å². The highest BCUT2D eigenvalue weighted by atomic mass is 35.5. The van der Waals surface area contributed by atoms with Crippen LogP contribution in [0.2, 0.25) is 5.02 Å². The Morgan fingerprint density at radius 1 is 1.20 bits per heavy atom. The molecule has 0 radical (unpaired) electrons. The third-order valence-electron chi connectivity index (χ3n) is 2.62. The van der Waals surface area contributed by atoms with Crippen LogP contribution in [0.3, 0.4) is 0 Å². The van der Waals surface area contributed by atoms with Gasteiger partial charge >= 0.3 is 12.1 Å². The number of alkyl halides is 3. The average molecular weight is 310 g/mol. The number of carboxylic acid groups (broad SMARTS) is 1. The summed E-state index contributed by atoms with van der Waals surface area (Å²) >= 11 is 5.65. The van der Waals surface area contributed by atoms with E-state index in [0.29, 0.717) is 31.5 Å². The fourth-order valence-corrected chi connectivity index (χ4v) is 1.90. The molecule has 0 spiro atoms. The van der Waals surface area contributed by atoms with Gasteiger partial charge in [0, 0.05) is 23.7 Å². The lowest BCUT2D eigenvalue weighted by Gasteiger charge is -2.11. The maximum absolute atomic E-state index is 12.6. The van der Waals surface area contributed by atoms with Crippen LogP contribution in [0.15, 0.2) is 18.2 Å². The van der Waals surface area contributed by atoms with Crippen LogP contribution in [0.5, 0.6) is 0 Å². The molecule has 3 nitrogen and oxygen atoms in total. The summed E-state index contributed by atoms with van der Waals surface area (Å²) < 4.78 is 37.7. The minimum Gasteiger partial charge on any atom is -0.481 e. The first-order chi connectivity index (χ1) is 9.29. The summed E-state index contributed by atoms with van der Waals surface area (Å²) in [6.45, 7) is 0.470. The first-order valence-corrected chi connectivity index (χ1v) is 6.50. The molecule has 112 valence electrons. The van der Waals surface area contributed by atoms with E-state index in [4.69, 9.17) is 16.7 Å². The zero-order chi connectivity index (χ0) is 15.2. The number of anilines is 1. The molecule has 0 amide bonds. The molecule has 0 aliphatic rings. The Morgan fingerprint density at radius 3 is 2.50 bits per heavy atom. The molecular weight excluding hydrogens is 295 g/mol. The van der Waals surface area contributed by atoms with Gasteiger partial charge in [-0.1, -0.05) is 18.0 Å². The van der Waals surface area contributed by atoms with Crippen molar-refractivity contribution in [3.8, 4) is 0 Å². The standard InChI is InChI=1S/C13H15ClF3NO2/c14-10-6-9(13(15,16)17)7-11(8-10)18-5-3-1-2-4-12(19)20/h6-8,18H,1-5H2,(H,19,20). The molecule has 0 bridgehead atoms. The molecule has 2 N–H and O–H groups in total. The third-order valence-corrected chi connectivity index (χ3v) is 2.84. The SMILES string of the molecule is O=C(O)CCCCCNc1cc(Cl)cc(C(F)(F)F)c1. The van der Waals surface area contributed by atoms with Crippen molar-refractivity contribution in [3.63, 3.8) is 0 Å². The largest absolute Gasteiger partial charge is 0.481 e. The topological polar surface area (TPSA) is 49.3 Å². The molecule has 0 aliphatic heterocycles. The van der Waals surface area contributed by atoms with Crippen LogP contribution < -0.4 is 5.32 Å². The van der Waals surface area contributed by atoms with Crippen molar-refractivity contribution >= 4 is 23.3 Å². The first kappa shape index (κ1) is 16.6. The van der Waals surface area contributed by atoms with Crippen LogP contribution >= 0.6 is 11.6 Å². The molecule has 0 aromatic heterocycles. The van der Waals surface area contributed by atoms with E-state index in [0.717, 1.165) is 12.1 Å². The Kier molecular flexibility index (Phi) is 6.13. The predicted octanol–water partition coefficient (Wildman–Crippen LogP) is 4.42. The van der Waals surface area contributed by atoms with Crippen LogP contribution in [-0.2, 0) is 11.0 Å². The minimum atomic E-state index is -4.43. The van der Waals surface area contributed by atoms with Gasteiger partial charge in [-0.15, -0.1) is 0 Å². The zero-order valence-electron chi connectivity index (χ0n) is 10.6. The Morgan fingerprint density at radius 2 is 1.90 bits per heavy atom. The van der Waals surface area contributed by atoms with Crippen molar-refractivity contribution < 1.29 is 23.1 Å². The highest BCUT2D eigenvalue weighted by Gasteiger charge is 2.31. The molecule has 20 heavy (non-hydrogen) atoms. The van der Waals surface area contributed by atoms with Crippen molar-refractivity contribution in [1.82, 2.24) is 0 Å². The predicted molar refractivity (Wildman–Crippen MR) is 71.0 cm³/mol. The smallest absolute Gasteiger partial charge is 0.416 e. The summed E-state index contributed by atoms with van der Waals surface area (Å²) in [5, 5.41) is 11.3. The molecule has 1 rings (SSSR count). The van der Waals surface area contributed by atoms with Crippen LogP contribution in [-0.4, -0.2) is 17.6 Å². The molecule has 0 saturated carbocycles. The fraction of sp³-hybridized carbons (Fsp3) is 0.462. The van der Waals surface area contributed by atoms with Gasteiger partial charge in [-0.3, -0.25) is 4.79 Å². The molecule has 0 unspecified atom stereocenters. The van der Waals surface area contributed by atoms with E-state index in [2.05, 4.69) is 5.32 Å². The van der Waals surface area contributed by atoms with Crippen LogP contribution in [0.4, 0.5) is 18.9 Å². The number of hydrogen-bond acceptors (Lipinski definition) is 2. The number of aliphatic carboxylic acids is 1. The summed E-state index contributed by atoms with van der Waals surface area (Å²) in [6, 6.07) is 3.30. The lowest BCUT2D eigenvalue weighted by Crippen LogP contribution is -2.07. The van der Waals surface area contributed by atoms with E-state index in [-0.39, 0.29) is 11.4 Å². The summed E-state index contributed by atoms with van der Waals surface area (Å²) in [5.74, 6) is -0.845. The maximum Gasteiger partial charge on any atom is 0.416 e. The summed E-state index contributed by atoms with van der Waals surface area (Å²) in [5.41, 5.74) is -0.485. The first-order valence-electron chi connectivity index (χ1n) is 6.12. The van der Waals surface area contributed by atoms with Gasteiger partial charge in [0.05, 0.1) is 5.56 Å². The van der Waals surface area contributed by atoms with E-state index in [1.165, 1.54) is 6.07 Å².